The van der Waals surface area contributed by atoms with E-state index in [1.54, 1.807) is 24.3 Å². The monoisotopic (exact) mass is 686 g/mol. The molecule has 1 aliphatic heterocycles. The molecule has 6 heteroatoms. The number of benzene rings is 6. The summed E-state index contributed by atoms with van der Waals surface area (Å²) in [7, 11) is 0.390. The van der Waals surface area contributed by atoms with E-state index >= 15 is 0 Å². The van der Waals surface area contributed by atoms with Gasteiger partial charge < -0.3 is 0 Å². The van der Waals surface area contributed by atoms with Gasteiger partial charge >= 0.3 is 292 Å². The predicted octanol–water partition coefficient (Wildman–Crippen LogP) is 8.46. The van der Waals surface area contributed by atoms with E-state index in [4.69, 9.17) is 0 Å². The number of rotatable bonds is 2. The Kier molecular flexibility index (Phi) is 8.68. The zero-order valence-electron chi connectivity index (χ0n) is 29.1. The van der Waals surface area contributed by atoms with Crippen LogP contribution in [-0.2, 0) is 0 Å². The van der Waals surface area contributed by atoms with E-state index in [9.17, 15) is 8.78 Å². The minimum absolute atomic E-state index is 0.236. The Labute approximate surface area is 291 Å². The molecule has 248 valence electrons. The molecule has 0 bridgehead atoms. The van der Waals surface area contributed by atoms with Crippen LogP contribution in [0.2, 0.25) is 0 Å². The molecule has 7 rings (SSSR count). The van der Waals surface area contributed by atoms with Gasteiger partial charge in [-0.25, -0.2) is 0 Å². The first kappa shape index (κ1) is 33.2. The Morgan fingerprint density at radius 2 is 0.980 bits per heavy atom. The molecule has 6 aromatic rings. The van der Waals surface area contributed by atoms with Crippen LogP contribution in [0.25, 0.3) is 0 Å². The van der Waals surface area contributed by atoms with Crippen LogP contribution < -0.4 is 41.6 Å². The first-order valence-corrected chi connectivity index (χ1v) is 20.5. The van der Waals surface area contributed by atoms with Gasteiger partial charge in [-0.1, -0.05) is 0 Å². The van der Waals surface area contributed by atoms with E-state index in [2.05, 4.69) is 131 Å². The normalized spacial score (nSPS) is 16.0. The Morgan fingerprint density at radius 3 is 1.65 bits per heavy atom. The van der Waals surface area contributed by atoms with Gasteiger partial charge in [-0.3, -0.25) is 0 Å². The average Bonchev–Trinajstić information content (AvgIpc) is 3.09. The van der Waals surface area contributed by atoms with Gasteiger partial charge in [0.2, 0.25) is 0 Å². The van der Waals surface area contributed by atoms with Crippen molar-refractivity contribution in [1.29, 1.82) is 0 Å². The maximum absolute atomic E-state index is 14.6. The molecule has 0 N–H and O–H groups in total. The van der Waals surface area contributed by atoms with E-state index in [-0.39, 0.29) is 11.6 Å². The predicted molar refractivity (Wildman–Crippen MR) is 213 cm³/mol. The SMILES string of the molecule is Cc1ccc2c(c1)N(C)c1cc(C)ccc1[PH](C)(c1ccc(F)cc1)c1cc(C)ccc1N(C)c1ccc(C)cc1P2c1ccc(F)cc1. The van der Waals surface area contributed by atoms with Crippen LogP contribution in [-0.4, -0.2) is 20.8 Å². The molecule has 2 nitrogen and oxygen atoms in total. The van der Waals surface area contributed by atoms with Gasteiger partial charge in [-0.05, 0) is 0 Å². The summed E-state index contributed by atoms with van der Waals surface area (Å²) in [4.78, 5) is 4.72. The third-order valence-electron chi connectivity index (χ3n) is 10.1. The van der Waals surface area contributed by atoms with Gasteiger partial charge in [0.25, 0.3) is 0 Å². The molecular formula is C43H42F2N2P2. The molecule has 0 aliphatic carbocycles. The van der Waals surface area contributed by atoms with Crippen molar-refractivity contribution in [3.05, 3.63) is 155 Å². The van der Waals surface area contributed by atoms with Gasteiger partial charge in [0.15, 0.2) is 0 Å². The summed E-state index contributed by atoms with van der Waals surface area (Å²) in [6.07, 6.45) is 0. The molecule has 0 aromatic heterocycles. The molecule has 0 saturated carbocycles. The Morgan fingerprint density at radius 1 is 0.469 bits per heavy atom. The van der Waals surface area contributed by atoms with E-state index < -0.39 is 15.2 Å². The van der Waals surface area contributed by atoms with Crippen molar-refractivity contribution in [2.45, 2.75) is 27.7 Å². The number of hydrogen-bond donors (Lipinski definition) is 0. The molecule has 0 saturated heterocycles. The van der Waals surface area contributed by atoms with Crippen LogP contribution in [0, 0.1) is 39.3 Å². The first-order valence-electron chi connectivity index (χ1n) is 16.7. The van der Waals surface area contributed by atoms with Crippen molar-refractivity contribution < 1.29 is 8.78 Å². The van der Waals surface area contributed by atoms with Gasteiger partial charge in [0, 0.05) is 0 Å². The van der Waals surface area contributed by atoms with Crippen LogP contribution >= 0.6 is 15.2 Å². The van der Waals surface area contributed by atoms with Crippen LogP contribution in [0.15, 0.2) is 121 Å². The van der Waals surface area contributed by atoms with Crippen molar-refractivity contribution in [2.75, 3.05) is 30.6 Å². The first-order chi connectivity index (χ1) is 23.4. The van der Waals surface area contributed by atoms with E-state index in [0.29, 0.717) is 0 Å². The fraction of sp³-hybridized carbons (Fsp3) is 0.163. The molecule has 0 radical (unpaired) electrons. The van der Waals surface area contributed by atoms with Crippen LogP contribution in [0.3, 0.4) is 0 Å². The Hall–Kier alpha value is -4.36. The summed E-state index contributed by atoms with van der Waals surface area (Å²) in [5.41, 5.74) is 9.19. The van der Waals surface area contributed by atoms with Crippen molar-refractivity contribution in [1.82, 2.24) is 0 Å². The quantitative estimate of drug-likeness (QED) is 0.169. The summed E-state index contributed by atoms with van der Waals surface area (Å²) in [6, 6.07) is 41.4. The number of fused-ring (bicyclic) bond motifs is 4. The summed E-state index contributed by atoms with van der Waals surface area (Å²) in [6.45, 7) is 11.0. The second kappa shape index (κ2) is 12.8. The molecule has 0 amide bonds. The maximum atomic E-state index is 14.6. The summed E-state index contributed by atoms with van der Waals surface area (Å²) in [5.74, 6) is -0.477. The zero-order valence-corrected chi connectivity index (χ0v) is 31.0. The van der Waals surface area contributed by atoms with Gasteiger partial charge in [-0.15, -0.1) is 0 Å². The average molecular weight is 687 g/mol. The van der Waals surface area contributed by atoms with Crippen LogP contribution in [0.1, 0.15) is 22.3 Å². The fourth-order valence-electron chi connectivity index (χ4n) is 7.37. The van der Waals surface area contributed by atoms with E-state index in [1.807, 2.05) is 24.3 Å². The number of hydrogen-bond acceptors (Lipinski definition) is 2. The molecule has 1 heterocycles. The molecule has 1 aliphatic rings. The summed E-state index contributed by atoms with van der Waals surface area (Å²) in [5, 5.41) is 7.18. The van der Waals surface area contributed by atoms with Crippen molar-refractivity contribution >= 4 is 69.8 Å². The molecule has 49 heavy (non-hydrogen) atoms. The van der Waals surface area contributed by atoms with Gasteiger partial charge in [-0.2, -0.15) is 0 Å². The topological polar surface area (TPSA) is 6.48 Å². The third-order valence-corrected chi connectivity index (χ3v) is 17.1. The molecule has 1 unspecified atom stereocenters. The van der Waals surface area contributed by atoms with Crippen molar-refractivity contribution in [3.63, 3.8) is 0 Å². The fourth-order valence-corrected chi connectivity index (χ4v) is 14.3. The van der Waals surface area contributed by atoms with Crippen LogP contribution in [0.4, 0.5) is 31.5 Å². The second-order valence-corrected chi connectivity index (χ2v) is 19.6. The standard InChI is InChI=1S/C43H42F2N2P2/c1-28-10-22-40-38(24-28)47(6)39-25-29(2)11-23-42(39)49(7,35-18-14-33(45)15-19-35)43-27-31(4)9-21-37(43)46(5)36-20-8-30(3)26-41(36)48(40)34-16-12-32(44)13-17-34/h8-27,49H,1-7H3. The third kappa shape index (κ3) is 5.86. The summed E-state index contributed by atoms with van der Waals surface area (Å²) < 4.78 is 29.0. The van der Waals surface area contributed by atoms with Crippen molar-refractivity contribution in [3.8, 4) is 0 Å². The number of anilines is 4. The van der Waals surface area contributed by atoms with E-state index in [1.165, 1.54) is 43.5 Å². The molecular weight excluding hydrogens is 644 g/mol. The van der Waals surface area contributed by atoms with E-state index in [0.717, 1.165) is 33.4 Å². The molecule has 6 aromatic carbocycles. The molecule has 0 fully saturated rings. The van der Waals surface area contributed by atoms with Gasteiger partial charge in [0.1, 0.15) is 0 Å². The second-order valence-electron chi connectivity index (χ2n) is 13.6. The van der Waals surface area contributed by atoms with Gasteiger partial charge in [0.05, 0.1) is 0 Å². The minimum atomic E-state index is -2.83. The zero-order chi connectivity index (χ0) is 34.6. The Balaban J connectivity index is 1.67. The van der Waals surface area contributed by atoms with Crippen LogP contribution in [0.5, 0.6) is 0 Å². The van der Waals surface area contributed by atoms with Crippen molar-refractivity contribution in [2.24, 2.45) is 0 Å². The molecule has 1 atom stereocenters. The number of aryl methyl sites for hydroxylation is 4. The number of nitrogens with zero attached hydrogens (tertiary/aromatic N) is 2. The molecule has 0 spiro atoms. The Bertz CT molecular complexity index is 2200. The summed E-state index contributed by atoms with van der Waals surface area (Å²) >= 11 is 0. The number of halogens is 2.